The Morgan fingerprint density at radius 1 is 1.05 bits per heavy atom. The summed E-state index contributed by atoms with van der Waals surface area (Å²) in [6.45, 7) is 9.52. The van der Waals surface area contributed by atoms with Crippen LogP contribution in [-0.4, -0.2) is 23.5 Å². The van der Waals surface area contributed by atoms with Gasteiger partial charge in [-0.15, -0.1) is 0 Å². The van der Waals surface area contributed by atoms with Gasteiger partial charge in [-0.25, -0.2) is 0 Å². The lowest BCUT2D eigenvalue weighted by molar-refractivity contribution is -0.132. The molecule has 2 heterocycles. The van der Waals surface area contributed by atoms with Crippen molar-refractivity contribution in [2.75, 3.05) is 6.54 Å². The second kappa shape index (κ2) is 5.98. The van der Waals surface area contributed by atoms with E-state index in [1.807, 2.05) is 0 Å². The van der Waals surface area contributed by atoms with Crippen LogP contribution in [0, 0.1) is 11.8 Å². The average molecular weight is 264 g/mol. The highest BCUT2D eigenvalue weighted by atomic mass is 16.2. The van der Waals surface area contributed by atoms with Gasteiger partial charge in [-0.05, 0) is 31.1 Å². The third-order valence-electron chi connectivity index (χ3n) is 4.26. The summed E-state index contributed by atoms with van der Waals surface area (Å²) >= 11 is 0. The van der Waals surface area contributed by atoms with E-state index in [4.69, 9.17) is 0 Å². The van der Waals surface area contributed by atoms with Gasteiger partial charge in [0, 0.05) is 17.8 Å². The van der Waals surface area contributed by atoms with Gasteiger partial charge in [-0.2, -0.15) is 0 Å². The van der Waals surface area contributed by atoms with Gasteiger partial charge < -0.3 is 10.2 Å². The fourth-order valence-corrected chi connectivity index (χ4v) is 3.24. The molecule has 0 saturated carbocycles. The van der Waals surface area contributed by atoms with Crippen LogP contribution >= 0.6 is 0 Å². The van der Waals surface area contributed by atoms with E-state index in [2.05, 4.69) is 37.9 Å². The van der Waals surface area contributed by atoms with Crippen molar-refractivity contribution in [2.24, 2.45) is 11.8 Å². The minimum Gasteiger partial charge on any atom is -0.368 e. The Morgan fingerprint density at radius 3 is 2.37 bits per heavy atom. The number of fused-ring (bicyclic) bond motifs is 1. The van der Waals surface area contributed by atoms with Gasteiger partial charge in [0.05, 0.1) is 0 Å². The summed E-state index contributed by atoms with van der Waals surface area (Å²) in [4.78, 5) is 14.9. The molecule has 0 aromatic heterocycles. The van der Waals surface area contributed by atoms with Crippen molar-refractivity contribution in [1.29, 1.82) is 0 Å². The van der Waals surface area contributed by atoms with Gasteiger partial charge in [-0.1, -0.05) is 40.5 Å². The van der Waals surface area contributed by atoms with Gasteiger partial charge >= 0.3 is 0 Å². The maximum atomic E-state index is 12.8. The molecule has 0 aliphatic carbocycles. The van der Waals surface area contributed by atoms with E-state index in [0.717, 1.165) is 25.0 Å². The summed E-state index contributed by atoms with van der Waals surface area (Å²) in [7, 11) is 0. The topological polar surface area (TPSA) is 32.3 Å². The third-order valence-corrected chi connectivity index (χ3v) is 4.26. The SMILES string of the molecule is CC(C)C1=C(C(C)C)C(=O)N2CCCCCCC2N1. The Bertz CT molecular complexity index is 371. The van der Waals surface area contributed by atoms with Crippen LogP contribution in [0.4, 0.5) is 0 Å². The Balaban J connectivity index is 2.33. The van der Waals surface area contributed by atoms with Gasteiger partial charge in [-0.3, -0.25) is 4.79 Å². The molecule has 2 aliphatic rings. The molecule has 1 atom stereocenters. The zero-order valence-electron chi connectivity index (χ0n) is 12.8. The smallest absolute Gasteiger partial charge is 0.253 e. The first-order chi connectivity index (χ1) is 9.02. The van der Waals surface area contributed by atoms with Gasteiger partial charge in [0.1, 0.15) is 6.17 Å². The highest BCUT2D eigenvalue weighted by Crippen LogP contribution is 2.29. The standard InChI is InChI=1S/C16H28N2O/c1-11(2)14-15(12(3)4)17-13-9-7-5-6-8-10-18(13)16(14)19/h11-13,17H,5-10H2,1-4H3. The van der Waals surface area contributed by atoms with Crippen LogP contribution in [0.5, 0.6) is 0 Å². The highest BCUT2D eigenvalue weighted by molar-refractivity contribution is 5.95. The van der Waals surface area contributed by atoms with E-state index in [1.54, 1.807) is 0 Å². The third kappa shape index (κ3) is 2.96. The molecule has 0 aromatic rings. The van der Waals surface area contributed by atoms with E-state index < -0.39 is 0 Å². The summed E-state index contributed by atoms with van der Waals surface area (Å²) in [6.07, 6.45) is 6.25. The fraction of sp³-hybridized carbons (Fsp3) is 0.812. The van der Waals surface area contributed by atoms with Crippen molar-refractivity contribution in [3.8, 4) is 0 Å². The van der Waals surface area contributed by atoms with Crippen molar-refractivity contribution < 1.29 is 4.79 Å². The Hall–Kier alpha value is -0.990. The molecule has 3 nitrogen and oxygen atoms in total. The summed E-state index contributed by atoms with van der Waals surface area (Å²) in [5.41, 5.74) is 2.19. The van der Waals surface area contributed by atoms with Gasteiger partial charge in [0.15, 0.2) is 0 Å². The first-order valence-electron chi connectivity index (χ1n) is 7.84. The van der Waals surface area contributed by atoms with Crippen molar-refractivity contribution in [2.45, 2.75) is 66.0 Å². The van der Waals surface area contributed by atoms with Crippen LogP contribution in [-0.2, 0) is 4.79 Å². The first kappa shape index (κ1) is 14.4. The predicted octanol–water partition coefficient (Wildman–Crippen LogP) is 3.27. The lowest BCUT2D eigenvalue weighted by atomic mass is 9.90. The van der Waals surface area contributed by atoms with Crippen LogP contribution in [0.3, 0.4) is 0 Å². The van der Waals surface area contributed by atoms with Crippen molar-refractivity contribution in [1.82, 2.24) is 10.2 Å². The molecule has 2 rings (SSSR count). The zero-order chi connectivity index (χ0) is 14.0. The number of allylic oxidation sites excluding steroid dienone is 1. The molecule has 19 heavy (non-hydrogen) atoms. The monoisotopic (exact) mass is 264 g/mol. The number of amides is 1. The Kier molecular flexibility index (Phi) is 4.54. The molecular weight excluding hydrogens is 236 g/mol. The van der Waals surface area contributed by atoms with E-state index in [1.165, 1.54) is 25.0 Å². The molecule has 1 saturated heterocycles. The molecule has 1 N–H and O–H groups in total. The molecule has 2 aliphatic heterocycles. The van der Waals surface area contributed by atoms with Crippen molar-refractivity contribution in [3.05, 3.63) is 11.3 Å². The fourth-order valence-electron chi connectivity index (χ4n) is 3.24. The van der Waals surface area contributed by atoms with Crippen LogP contribution in [0.1, 0.15) is 59.8 Å². The summed E-state index contributed by atoms with van der Waals surface area (Å²) in [5, 5.41) is 3.67. The van der Waals surface area contributed by atoms with E-state index in [9.17, 15) is 4.79 Å². The van der Waals surface area contributed by atoms with Crippen LogP contribution in [0.2, 0.25) is 0 Å². The zero-order valence-corrected chi connectivity index (χ0v) is 12.8. The second-order valence-corrected chi connectivity index (χ2v) is 6.50. The number of hydrogen-bond acceptors (Lipinski definition) is 2. The molecule has 3 heteroatoms. The highest BCUT2D eigenvalue weighted by Gasteiger charge is 2.35. The maximum Gasteiger partial charge on any atom is 0.253 e. The van der Waals surface area contributed by atoms with E-state index in [-0.39, 0.29) is 12.1 Å². The Morgan fingerprint density at radius 2 is 1.74 bits per heavy atom. The number of carbonyl (C=O) groups excluding carboxylic acids is 1. The van der Waals surface area contributed by atoms with E-state index >= 15 is 0 Å². The van der Waals surface area contributed by atoms with E-state index in [0.29, 0.717) is 11.8 Å². The van der Waals surface area contributed by atoms with Crippen molar-refractivity contribution in [3.63, 3.8) is 0 Å². The molecule has 0 aromatic carbocycles. The Labute approximate surface area is 117 Å². The lowest BCUT2D eigenvalue weighted by Gasteiger charge is -2.42. The predicted molar refractivity (Wildman–Crippen MR) is 78.4 cm³/mol. The van der Waals surface area contributed by atoms with Crippen LogP contribution in [0.25, 0.3) is 0 Å². The number of nitrogens with zero attached hydrogens (tertiary/aromatic N) is 1. The second-order valence-electron chi connectivity index (χ2n) is 6.50. The molecule has 0 radical (unpaired) electrons. The summed E-state index contributed by atoms with van der Waals surface area (Å²) < 4.78 is 0. The van der Waals surface area contributed by atoms with Crippen molar-refractivity contribution >= 4 is 5.91 Å². The minimum atomic E-state index is 0.229. The average Bonchev–Trinajstić information content (AvgIpc) is 2.29. The first-order valence-corrected chi connectivity index (χ1v) is 7.84. The number of hydrogen-bond donors (Lipinski definition) is 1. The summed E-state index contributed by atoms with van der Waals surface area (Å²) in [5.74, 6) is 0.974. The molecule has 0 spiro atoms. The number of nitrogens with one attached hydrogen (secondary N) is 1. The molecule has 0 bridgehead atoms. The molecule has 1 unspecified atom stereocenters. The van der Waals surface area contributed by atoms with Gasteiger partial charge in [0.2, 0.25) is 0 Å². The quantitative estimate of drug-likeness (QED) is 0.830. The molecule has 1 amide bonds. The maximum absolute atomic E-state index is 12.8. The minimum absolute atomic E-state index is 0.229. The van der Waals surface area contributed by atoms with Crippen LogP contribution in [0.15, 0.2) is 11.3 Å². The largest absolute Gasteiger partial charge is 0.368 e. The molecule has 108 valence electrons. The molecule has 1 fully saturated rings. The molecular formula is C16H28N2O. The number of carbonyl (C=O) groups is 1. The number of rotatable bonds is 2. The lowest BCUT2D eigenvalue weighted by Crippen LogP contribution is -2.55. The van der Waals surface area contributed by atoms with Gasteiger partial charge in [0.25, 0.3) is 5.91 Å². The summed E-state index contributed by atoms with van der Waals surface area (Å²) in [6, 6.07) is 0. The van der Waals surface area contributed by atoms with Crippen LogP contribution < -0.4 is 5.32 Å². The normalized spacial score (nSPS) is 25.3.